The second-order valence-electron chi connectivity index (χ2n) is 9.77. The highest BCUT2D eigenvalue weighted by molar-refractivity contribution is 6.24. The second-order valence-corrected chi connectivity index (χ2v) is 9.77. The fourth-order valence-electron chi connectivity index (χ4n) is 5.22. The van der Waals surface area contributed by atoms with Gasteiger partial charge >= 0.3 is 5.97 Å². The molecular weight excluding hydrogens is 526 g/mol. The highest BCUT2D eigenvalue weighted by atomic mass is 16.7. The van der Waals surface area contributed by atoms with Crippen molar-refractivity contribution in [1.29, 1.82) is 0 Å². The molecule has 3 atom stereocenters. The molecule has 2 amide bonds. The molecule has 0 N–H and O–H groups in total. The Labute approximate surface area is 234 Å². The van der Waals surface area contributed by atoms with Gasteiger partial charge in [-0.25, -0.2) is 14.8 Å². The topological polar surface area (TPSA) is 119 Å². The number of hydroxylamine groups is 1. The number of hydrogen-bond donors (Lipinski definition) is 0. The van der Waals surface area contributed by atoms with Crippen molar-refractivity contribution in [3.05, 3.63) is 130 Å². The smallest absolute Gasteiger partial charge is 0.343 e. The summed E-state index contributed by atoms with van der Waals surface area (Å²) >= 11 is 0. The monoisotopic (exact) mass is 549 g/mol. The molecule has 41 heavy (non-hydrogen) atoms. The minimum atomic E-state index is -1.14. The fourth-order valence-corrected chi connectivity index (χ4v) is 5.22. The standard InChI is InChI=1S/C31H23N3O7/c1-19-7-5-10-22(17-19)32-29(35)26-27(20-13-15-25(16-14-20)40-31(37)21-8-3-2-4-9-21)33(41-28(26)30(32)36)23-11-6-12-24(18-23)34(38)39/h2-18,26-28H,1H3/t26-,27+,28-/m0/s1. The minimum Gasteiger partial charge on any atom is -0.423 e. The number of fused-ring (bicyclic) bond motifs is 1. The van der Waals surface area contributed by atoms with Gasteiger partial charge in [0.15, 0.2) is 6.10 Å². The van der Waals surface area contributed by atoms with E-state index in [0.717, 1.165) is 10.5 Å². The van der Waals surface area contributed by atoms with Gasteiger partial charge in [0.25, 0.3) is 11.6 Å². The molecule has 4 aromatic carbocycles. The van der Waals surface area contributed by atoms with Crippen LogP contribution in [0, 0.1) is 23.0 Å². The van der Waals surface area contributed by atoms with Gasteiger partial charge < -0.3 is 4.74 Å². The van der Waals surface area contributed by atoms with Gasteiger partial charge in [-0.3, -0.25) is 24.5 Å². The highest BCUT2D eigenvalue weighted by Gasteiger charge is 2.60. The lowest BCUT2D eigenvalue weighted by Crippen LogP contribution is -2.37. The van der Waals surface area contributed by atoms with Gasteiger partial charge in [0.1, 0.15) is 11.7 Å². The summed E-state index contributed by atoms with van der Waals surface area (Å²) in [6.07, 6.45) is -1.14. The van der Waals surface area contributed by atoms with Gasteiger partial charge in [0.2, 0.25) is 5.91 Å². The van der Waals surface area contributed by atoms with Gasteiger partial charge in [-0.15, -0.1) is 0 Å². The Hall–Kier alpha value is -5.35. The first-order valence-electron chi connectivity index (χ1n) is 12.8. The van der Waals surface area contributed by atoms with Crippen LogP contribution in [0.25, 0.3) is 0 Å². The Morgan fingerprint density at radius 3 is 2.27 bits per heavy atom. The maximum absolute atomic E-state index is 13.8. The van der Waals surface area contributed by atoms with E-state index in [9.17, 15) is 24.5 Å². The number of imide groups is 1. The molecule has 0 aliphatic carbocycles. The van der Waals surface area contributed by atoms with Crippen molar-refractivity contribution in [2.75, 3.05) is 9.96 Å². The zero-order chi connectivity index (χ0) is 28.7. The molecule has 0 aromatic heterocycles. The van der Waals surface area contributed by atoms with E-state index in [4.69, 9.17) is 9.57 Å². The van der Waals surface area contributed by atoms with Gasteiger partial charge in [0.05, 0.1) is 27.9 Å². The Morgan fingerprint density at radius 2 is 1.56 bits per heavy atom. The fraction of sp³-hybridized carbons (Fsp3) is 0.129. The average molecular weight is 550 g/mol. The number of nitro benzene ring substituents is 1. The Balaban J connectivity index is 1.36. The molecule has 10 nitrogen and oxygen atoms in total. The number of anilines is 2. The van der Waals surface area contributed by atoms with Crippen molar-refractivity contribution >= 4 is 34.8 Å². The van der Waals surface area contributed by atoms with Crippen LogP contribution in [0.15, 0.2) is 103 Å². The summed E-state index contributed by atoms with van der Waals surface area (Å²) in [7, 11) is 0. The van der Waals surface area contributed by atoms with Crippen molar-refractivity contribution in [3.8, 4) is 5.75 Å². The molecule has 0 radical (unpaired) electrons. The van der Waals surface area contributed by atoms with E-state index in [1.54, 1.807) is 78.9 Å². The summed E-state index contributed by atoms with van der Waals surface area (Å²) in [5, 5.41) is 12.9. The zero-order valence-corrected chi connectivity index (χ0v) is 21.7. The third kappa shape index (κ3) is 4.70. The van der Waals surface area contributed by atoms with Crippen LogP contribution >= 0.6 is 0 Å². The number of non-ortho nitro benzene ring substituents is 1. The number of ether oxygens (including phenoxy) is 1. The van der Waals surface area contributed by atoms with Gasteiger partial charge in [-0.05, 0) is 60.5 Å². The van der Waals surface area contributed by atoms with Gasteiger partial charge in [-0.1, -0.05) is 48.5 Å². The number of nitrogens with zero attached hydrogens (tertiary/aromatic N) is 3. The molecule has 10 heteroatoms. The van der Waals surface area contributed by atoms with Crippen molar-refractivity contribution < 1.29 is 28.9 Å². The molecule has 204 valence electrons. The van der Waals surface area contributed by atoms with Crippen molar-refractivity contribution in [2.45, 2.75) is 19.1 Å². The Kier molecular flexibility index (Phi) is 6.52. The van der Waals surface area contributed by atoms with Crippen molar-refractivity contribution in [1.82, 2.24) is 0 Å². The highest BCUT2D eigenvalue weighted by Crippen LogP contribution is 2.48. The number of rotatable bonds is 6. The molecule has 0 bridgehead atoms. The molecule has 6 rings (SSSR count). The van der Waals surface area contributed by atoms with E-state index in [0.29, 0.717) is 22.5 Å². The predicted octanol–water partition coefficient (Wildman–Crippen LogP) is 5.17. The Morgan fingerprint density at radius 1 is 0.854 bits per heavy atom. The van der Waals surface area contributed by atoms with Crippen LogP contribution in [-0.4, -0.2) is 28.8 Å². The first-order valence-corrected chi connectivity index (χ1v) is 12.8. The molecule has 4 aromatic rings. The molecule has 2 fully saturated rings. The quantitative estimate of drug-likeness (QED) is 0.106. The molecular formula is C31H23N3O7. The molecule has 2 heterocycles. The van der Waals surface area contributed by atoms with E-state index in [1.807, 2.05) is 13.0 Å². The largest absolute Gasteiger partial charge is 0.423 e. The van der Waals surface area contributed by atoms with Crippen LogP contribution in [0.2, 0.25) is 0 Å². The summed E-state index contributed by atoms with van der Waals surface area (Å²) in [5.74, 6) is -2.12. The van der Waals surface area contributed by atoms with Crippen LogP contribution in [0.4, 0.5) is 17.1 Å². The summed E-state index contributed by atoms with van der Waals surface area (Å²) in [5.41, 5.74) is 2.48. The van der Waals surface area contributed by atoms with Crippen LogP contribution in [0.5, 0.6) is 5.75 Å². The number of esters is 1. The van der Waals surface area contributed by atoms with Gasteiger partial charge in [-0.2, -0.15) is 0 Å². The second kappa shape index (κ2) is 10.3. The van der Waals surface area contributed by atoms with E-state index < -0.39 is 40.8 Å². The van der Waals surface area contributed by atoms with E-state index in [2.05, 4.69) is 0 Å². The molecule has 2 aliphatic rings. The first-order chi connectivity index (χ1) is 19.8. The predicted molar refractivity (Wildman–Crippen MR) is 148 cm³/mol. The minimum absolute atomic E-state index is 0.163. The SMILES string of the molecule is Cc1cccc(N2C(=O)[C@@H]3[C@H](ON(c4cccc([N+](=O)[O-])c4)[C@@H]3c3ccc(OC(=O)c4ccccc4)cc3)C2=O)c1. The summed E-state index contributed by atoms with van der Waals surface area (Å²) < 4.78 is 5.49. The number of hydrogen-bond acceptors (Lipinski definition) is 8. The zero-order valence-electron chi connectivity index (χ0n) is 21.7. The molecule has 2 saturated heterocycles. The van der Waals surface area contributed by atoms with Crippen LogP contribution < -0.4 is 14.7 Å². The van der Waals surface area contributed by atoms with Crippen LogP contribution in [0.3, 0.4) is 0 Å². The normalized spacial score (nSPS) is 19.8. The molecule has 2 aliphatic heterocycles. The number of carbonyl (C=O) groups excluding carboxylic acids is 3. The molecule has 0 unspecified atom stereocenters. The third-order valence-corrected chi connectivity index (χ3v) is 7.11. The average Bonchev–Trinajstić information content (AvgIpc) is 3.49. The van der Waals surface area contributed by atoms with E-state index in [1.165, 1.54) is 23.3 Å². The summed E-state index contributed by atoms with van der Waals surface area (Å²) in [6, 6.07) is 27.2. The number of amides is 2. The maximum Gasteiger partial charge on any atom is 0.343 e. The third-order valence-electron chi connectivity index (χ3n) is 7.11. The summed E-state index contributed by atoms with van der Waals surface area (Å²) in [6.45, 7) is 1.87. The Bertz CT molecular complexity index is 1670. The lowest BCUT2D eigenvalue weighted by atomic mass is 9.90. The molecule has 0 saturated carbocycles. The lowest BCUT2D eigenvalue weighted by Gasteiger charge is -2.28. The number of nitro groups is 1. The summed E-state index contributed by atoms with van der Waals surface area (Å²) in [4.78, 5) is 58.1. The van der Waals surface area contributed by atoms with Crippen molar-refractivity contribution in [3.63, 3.8) is 0 Å². The molecule has 0 spiro atoms. The van der Waals surface area contributed by atoms with Crippen LogP contribution in [-0.2, 0) is 14.4 Å². The van der Waals surface area contributed by atoms with E-state index in [-0.39, 0.29) is 11.4 Å². The lowest BCUT2D eigenvalue weighted by molar-refractivity contribution is -0.384. The number of aryl methyl sites for hydroxylation is 1. The first kappa shape index (κ1) is 25.9. The van der Waals surface area contributed by atoms with Crippen LogP contribution in [0.1, 0.15) is 27.5 Å². The number of benzene rings is 4. The number of carbonyl (C=O) groups is 3. The maximum atomic E-state index is 13.8. The van der Waals surface area contributed by atoms with Crippen molar-refractivity contribution in [2.24, 2.45) is 5.92 Å². The van der Waals surface area contributed by atoms with Gasteiger partial charge in [0, 0.05) is 12.1 Å². The van der Waals surface area contributed by atoms with E-state index >= 15 is 0 Å².